The van der Waals surface area contributed by atoms with Crippen molar-refractivity contribution in [1.29, 1.82) is 0 Å². The number of esters is 1. The summed E-state index contributed by atoms with van der Waals surface area (Å²) < 4.78 is 10.4. The zero-order valence-electron chi connectivity index (χ0n) is 17.0. The highest BCUT2D eigenvalue weighted by molar-refractivity contribution is 5.86. The lowest BCUT2D eigenvalue weighted by Gasteiger charge is -2.37. The maximum atomic E-state index is 12.9. The number of carbonyl (C=O) groups is 3. The molecule has 2 atom stereocenters. The fourth-order valence-electron chi connectivity index (χ4n) is 3.25. The molecule has 0 aliphatic carbocycles. The van der Waals surface area contributed by atoms with Crippen molar-refractivity contribution >= 4 is 18.0 Å². The summed E-state index contributed by atoms with van der Waals surface area (Å²) in [6.07, 6.45) is -1.60. The van der Waals surface area contributed by atoms with Crippen LogP contribution in [0.4, 0.5) is 4.79 Å². The first kappa shape index (κ1) is 21.4. The van der Waals surface area contributed by atoms with Crippen LogP contribution in [0.3, 0.4) is 0 Å². The molecule has 2 aliphatic heterocycles. The average Bonchev–Trinajstić information content (AvgIpc) is 2.78. The van der Waals surface area contributed by atoms with Crippen LogP contribution in [0.1, 0.15) is 41.5 Å². The molecule has 1 N–H and O–H groups in total. The van der Waals surface area contributed by atoms with E-state index in [-0.39, 0.29) is 25.6 Å². The van der Waals surface area contributed by atoms with Gasteiger partial charge < -0.3 is 24.4 Å². The lowest BCUT2D eigenvalue weighted by atomic mass is 9.93. The number of hydrogen-bond acceptors (Lipinski definition) is 7. The van der Waals surface area contributed by atoms with E-state index >= 15 is 0 Å². The molecular weight excluding hydrogens is 354 g/mol. The summed E-state index contributed by atoms with van der Waals surface area (Å²) >= 11 is 0. The average molecular weight is 385 g/mol. The van der Waals surface area contributed by atoms with Crippen molar-refractivity contribution in [2.75, 3.05) is 32.8 Å². The summed E-state index contributed by atoms with van der Waals surface area (Å²) in [6.45, 7) is 11.5. The topological polar surface area (TPSA) is 99.6 Å². The van der Waals surface area contributed by atoms with E-state index in [1.54, 1.807) is 46.4 Å². The summed E-state index contributed by atoms with van der Waals surface area (Å²) in [5.74, 6) is -0.738. The van der Waals surface area contributed by atoms with Gasteiger partial charge in [0.15, 0.2) is 6.35 Å². The molecule has 9 nitrogen and oxygen atoms in total. The summed E-state index contributed by atoms with van der Waals surface area (Å²) in [4.78, 5) is 41.7. The molecule has 2 fully saturated rings. The third kappa shape index (κ3) is 4.70. The van der Waals surface area contributed by atoms with Crippen molar-refractivity contribution in [1.82, 2.24) is 14.7 Å². The molecular formula is C18H31N3O6. The van der Waals surface area contributed by atoms with E-state index in [1.165, 1.54) is 9.80 Å². The van der Waals surface area contributed by atoms with Crippen LogP contribution in [0, 0.1) is 5.41 Å². The Morgan fingerprint density at radius 2 is 1.81 bits per heavy atom. The van der Waals surface area contributed by atoms with E-state index in [2.05, 4.69) is 0 Å². The van der Waals surface area contributed by atoms with Gasteiger partial charge in [0.1, 0.15) is 11.6 Å². The Hall–Kier alpha value is -1.87. The smallest absolute Gasteiger partial charge is 0.410 e. The molecule has 2 amide bonds. The fourth-order valence-corrected chi connectivity index (χ4v) is 3.25. The van der Waals surface area contributed by atoms with Crippen LogP contribution in [0.15, 0.2) is 0 Å². The number of aliphatic hydroxyl groups excluding tert-OH is 1. The van der Waals surface area contributed by atoms with E-state index in [4.69, 9.17) is 9.47 Å². The van der Waals surface area contributed by atoms with Gasteiger partial charge in [-0.05, 0) is 41.5 Å². The molecule has 0 bridgehead atoms. The second kappa shape index (κ2) is 7.63. The maximum Gasteiger partial charge on any atom is 0.410 e. The number of fused-ring (bicyclic) bond motifs is 1. The van der Waals surface area contributed by atoms with Crippen LogP contribution in [-0.4, -0.2) is 88.6 Å². The van der Waals surface area contributed by atoms with Crippen LogP contribution in [0.2, 0.25) is 0 Å². The van der Waals surface area contributed by atoms with Gasteiger partial charge in [0.05, 0.1) is 12.0 Å². The molecule has 1 unspecified atom stereocenters. The summed E-state index contributed by atoms with van der Waals surface area (Å²) in [6, 6.07) is -0.653. The van der Waals surface area contributed by atoms with Crippen molar-refractivity contribution in [3.63, 3.8) is 0 Å². The van der Waals surface area contributed by atoms with Gasteiger partial charge >= 0.3 is 12.1 Å². The number of piperazine rings is 1. The predicted octanol–water partition coefficient (Wildman–Crippen LogP) is 0.615. The van der Waals surface area contributed by atoms with Crippen molar-refractivity contribution in [2.45, 2.75) is 59.5 Å². The Morgan fingerprint density at radius 3 is 2.37 bits per heavy atom. The van der Waals surface area contributed by atoms with Gasteiger partial charge in [-0.1, -0.05) is 0 Å². The lowest BCUT2D eigenvalue weighted by Crippen LogP contribution is -2.56. The summed E-state index contributed by atoms with van der Waals surface area (Å²) in [5, 5.41) is 10.6. The Labute approximate surface area is 160 Å². The molecule has 27 heavy (non-hydrogen) atoms. The van der Waals surface area contributed by atoms with E-state index < -0.39 is 35.5 Å². The van der Waals surface area contributed by atoms with Gasteiger partial charge in [0, 0.05) is 26.2 Å². The number of nitrogens with zero attached hydrogens (tertiary/aromatic N) is 3. The summed E-state index contributed by atoms with van der Waals surface area (Å²) in [5.41, 5.74) is -1.57. The number of ether oxygens (including phenoxy) is 2. The molecule has 0 radical (unpaired) electrons. The highest BCUT2D eigenvalue weighted by Gasteiger charge is 2.51. The third-order valence-electron chi connectivity index (χ3n) is 4.61. The maximum absolute atomic E-state index is 12.9. The van der Waals surface area contributed by atoms with Crippen molar-refractivity contribution in [3.8, 4) is 0 Å². The highest BCUT2D eigenvalue weighted by Crippen LogP contribution is 2.29. The molecule has 0 aromatic rings. The van der Waals surface area contributed by atoms with Gasteiger partial charge in [0.2, 0.25) is 5.91 Å². The number of amides is 2. The van der Waals surface area contributed by atoms with Gasteiger partial charge in [-0.3, -0.25) is 9.59 Å². The lowest BCUT2D eigenvalue weighted by molar-refractivity contribution is -0.158. The van der Waals surface area contributed by atoms with Crippen LogP contribution >= 0.6 is 0 Å². The second-order valence-electron chi connectivity index (χ2n) is 8.60. The van der Waals surface area contributed by atoms with E-state index in [0.717, 1.165) is 0 Å². The van der Waals surface area contributed by atoms with Crippen LogP contribution in [-0.2, 0) is 19.1 Å². The first-order valence-corrected chi connectivity index (χ1v) is 9.27. The van der Waals surface area contributed by atoms with Crippen molar-refractivity contribution in [2.24, 2.45) is 5.41 Å². The van der Waals surface area contributed by atoms with Gasteiger partial charge in [0.25, 0.3) is 0 Å². The van der Waals surface area contributed by atoms with E-state index in [1.807, 2.05) is 0 Å². The highest BCUT2D eigenvalue weighted by atomic mass is 16.6. The first-order valence-electron chi connectivity index (χ1n) is 9.27. The van der Waals surface area contributed by atoms with Crippen molar-refractivity contribution in [3.05, 3.63) is 0 Å². The quantitative estimate of drug-likeness (QED) is 0.708. The minimum Gasteiger partial charge on any atom is -0.466 e. The first-order chi connectivity index (χ1) is 12.4. The Bertz CT molecular complexity index is 600. The summed E-state index contributed by atoms with van der Waals surface area (Å²) in [7, 11) is 0. The molecule has 154 valence electrons. The van der Waals surface area contributed by atoms with Gasteiger partial charge in [-0.15, -0.1) is 0 Å². The van der Waals surface area contributed by atoms with Gasteiger partial charge in [-0.2, -0.15) is 0 Å². The zero-order chi connectivity index (χ0) is 20.6. The molecule has 0 spiro atoms. The Morgan fingerprint density at radius 1 is 1.19 bits per heavy atom. The Balaban J connectivity index is 2.08. The van der Waals surface area contributed by atoms with Crippen LogP contribution in [0.5, 0.6) is 0 Å². The molecule has 9 heteroatoms. The molecule has 0 aromatic heterocycles. The minimum absolute atomic E-state index is 0.0330. The van der Waals surface area contributed by atoms with Gasteiger partial charge in [-0.25, -0.2) is 9.69 Å². The van der Waals surface area contributed by atoms with Crippen LogP contribution < -0.4 is 0 Å². The second-order valence-corrected chi connectivity index (χ2v) is 8.60. The normalized spacial score (nSPS) is 24.0. The largest absolute Gasteiger partial charge is 0.466 e. The van der Waals surface area contributed by atoms with Crippen molar-refractivity contribution < 1.29 is 29.0 Å². The molecule has 2 rings (SSSR count). The molecule has 2 saturated heterocycles. The monoisotopic (exact) mass is 385 g/mol. The molecule has 2 heterocycles. The predicted molar refractivity (Wildman–Crippen MR) is 96.4 cm³/mol. The standard InChI is InChI=1S/C18H31N3O6/c1-7-26-14(23)18(5,6)11-21-13(22)12-10-19(8-9-20(12)15(21)24)16(25)27-17(2,3)4/h12,15,24H,7-11H2,1-6H3/t12-,15?/m0/s1. The minimum atomic E-state index is -1.13. The zero-order valence-corrected chi connectivity index (χ0v) is 17.0. The number of aliphatic hydroxyl groups is 1. The Kier molecular flexibility index (Phi) is 6.06. The molecule has 0 aromatic carbocycles. The third-order valence-corrected chi connectivity index (χ3v) is 4.61. The number of carbonyl (C=O) groups excluding carboxylic acids is 3. The SMILES string of the molecule is CCOC(=O)C(C)(C)CN1C(=O)[C@@H]2CN(C(=O)OC(C)(C)C)CCN2C1O. The molecule has 0 saturated carbocycles. The van der Waals surface area contributed by atoms with Crippen LogP contribution in [0.25, 0.3) is 0 Å². The number of rotatable bonds is 4. The molecule has 2 aliphatic rings. The number of hydrogen-bond donors (Lipinski definition) is 1. The fraction of sp³-hybridized carbons (Fsp3) is 0.833. The van der Waals surface area contributed by atoms with E-state index in [0.29, 0.717) is 13.1 Å². The van der Waals surface area contributed by atoms with E-state index in [9.17, 15) is 19.5 Å².